The van der Waals surface area contributed by atoms with E-state index in [0.717, 1.165) is 35.5 Å². The lowest BCUT2D eigenvalue weighted by Crippen LogP contribution is -2.54. The normalized spacial score (nSPS) is 21.6. The number of fused-ring (bicyclic) bond motifs is 2. The van der Waals surface area contributed by atoms with Gasteiger partial charge in [-0.3, -0.25) is 5.10 Å². The Morgan fingerprint density at radius 1 is 1.09 bits per heavy atom. The topological polar surface area (TPSA) is 73.3 Å². The number of halogens is 1. The van der Waals surface area contributed by atoms with Crippen molar-refractivity contribution >= 4 is 33.7 Å². The highest BCUT2D eigenvalue weighted by Gasteiger charge is 2.30. The fourth-order valence-corrected chi connectivity index (χ4v) is 5.08. The lowest BCUT2D eigenvalue weighted by molar-refractivity contribution is 0.407. The number of hydrogen-bond donors (Lipinski definition) is 3. The van der Waals surface area contributed by atoms with E-state index in [9.17, 15) is 4.39 Å². The molecule has 3 aromatic heterocycles. The molecule has 4 heterocycles. The molecule has 4 aromatic rings. The maximum atomic E-state index is 14.6. The second-order valence-corrected chi connectivity index (χ2v) is 9.49. The number of pyridine rings is 1. The standard InChI is InChI=1S/C24H28FN7/c1-13-9-31(10-14(2)26-13)18-7-19(16-4-5-16)22-21(8-18)29-30-23(22)28-17-6-20(25)24-27-15(3)11-32(24)12-17/h6-8,11-14,16,26H,4-5,9-10H2,1-3H3,(H2,28,29,30)/t13-,14-/m0/s1. The van der Waals surface area contributed by atoms with E-state index in [0.29, 0.717) is 29.3 Å². The number of nitrogens with zero attached hydrogens (tertiary/aromatic N) is 4. The van der Waals surface area contributed by atoms with Gasteiger partial charge in [0, 0.05) is 54.7 Å². The second kappa shape index (κ2) is 7.20. The SMILES string of the molecule is Cc1cn2cc(Nc3n[nH]c4cc(N5C[C@H](C)N[C@@H](C)C5)cc(C5CC5)c34)cc(F)c2n1. The van der Waals surface area contributed by atoms with Crippen molar-refractivity contribution in [2.24, 2.45) is 0 Å². The summed E-state index contributed by atoms with van der Waals surface area (Å²) in [5, 5.41) is 15.9. The first-order valence-electron chi connectivity index (χ1n) is 11.4. The Kier molecular flexibility index (Phi) is 4.40. The van der Waals surface area contributed by atoms with E-state index in [-0.39, 0.29) is 5.82 Å². The molecule has 8 heteroatoms. The molecule has 1 aliphatic heterocycles. The summed E-state index contributed by atoms with van der Waals surface area (Å²) in [7, 11) is 0. The molecule has 1 saturated heterocycles. The first-order valence-corrected chi connectivity index (χ1v) is 11.4. The second-order valence-electron chi connectivity index (χ2n) is 9.49. The van der Waals surface area contributed by atoms with Gasteiger partial charge < -0.3 is 19.9 Å². The van der Waals surface area contributed by atoms with Crippen LogP contribution in [-0.2, 0) is 0 Å². The van der Waals surface area contributed by atoms with Gasteiger partial charge in [-0.1, -0.05) is 0 Å². The van der Waals surface area contributed by atoms with Gasteiger partial charge in [-0.05, 0) is 57.2 Å². The maximum Gasteiger partial charge on any atom is 0.173 e. The van der Waals surface area contributed by atoms with Crippen molar-refractivity contribution < 1.29 is 4.39 Å². The van der Waals surface area contributed by atoms with Crippen molar-refractivity contribution in [1.82, 2.24) is 24.9 Å². The number of aromatic nitrogens is 4. The van der Waals surface area contributed by atoms with Crippen molar-refractivity contribution in [2.75, 3.05) is 23.3 Å². The number of rotatable bonds is 4. The van der Waals surface area contributed by atoms with Crippen LogP contribution in [0, 0.1) is 12.7 Å². The minimum absolute atomic E-state index is 0.336. The molecule has 2 fully saturated rings. The van der Waals surface area contributed by atoms with Gasteiger partial charge in [0.25, 0.3) is 0 Å². The minimum atomic E-state index is -0.352. The van der Waals surface area contributed by atoms with E-state index in [4.69, 9.17) is 0 Å². The minimum Gasteiger partial charge on any atom is -0.368 e. The first-order chi connectivity index (χ1) is 15.4. The molecule has 1 aliphatic carbocycles. The molecule has 3 N–H and O–H groups in total. The van der Waals surface area contributed by atoms with Crippen LogP contribution in [-0.4, -0.2) is 44.8 Å². The fourth-order valence-electron chi connectivity index (χ4n) is 5.08. The molecule has 166 valence electrons. The summed E-state index contributed by atoms with van der Waals surface area (Å²) in [5.74, 6) is 0.949. The molecular formula is C24H28FN7. The number of nitrogens with one attached hydrogen (secondary N) is 3. The molecule has 7 nitrogen and oxygen atoms in total. The van der Waals surface area contributed by atoms with E-state index in [1.54, 1.807) is 4.40 Å². The quantitative estimate of drug-likeness (QED) is 0.443. The number of aromatic amines is 1. The van der Waals surface area contributed by atoms with Crippen molar-refractivity contribution in [1.29, 1.82) is 0 Å². The van der Waals surface area contributed by atoms with Crippen molar-refractivity contribution in [3.63, 3.8) is 0 Å². The van der Waals surface area contributed by atoms with Crippen LogP contribution in [0.25, 0.3) is 16.6 Å². The van der Waals surface area contributed by atoms with Crippen LogP contribution >= 0.6 is 0 Å². The van der Waals surface area contributed by atoms with Crippen LogP contribution in [0.4, 0.5) is 21.6 Å². The summed E-state index contributed by atoms with van der Waals surface area (Å²) >= 11 is 0. The van der Waals surface area contributed by atoms with Crippen LogP contribution < -0.4 is 15.5 Å². The summed E-state index contributed by atoms with van der Waals surface area (Å²) in [6, 6.07) is 6.93. The monoisotopic (exact) mass is 433 g/mol. The van der Waals surface area contributed by atoms with Gasteiger partial charge in [-0.2, -0.15) is 5.10 Å². The molecule has 32 heavy (non-hydrogen) atoms. The van der Waals surface area contributed by atoms with E-state index in [1.165, 1.54) is 30.2 Å². The van der Waals surface area contributed by atoms with Crippen molar-refractivity contribution in [3.8, 4) is 0 Å². The molecule has 2 aliphatic rings. The van der Waals surface area contributed by atoms with Gasteiger partial charge in [0.1, 0.15) is 0 Å². The Morgan fingerprint density at radius 2 is 1.88 bits per heavy atom. The molecule has 0 unspecified atom stereocenters. The molecule has 0 bridgehead atoms. The highest BCUT2D eigenvalue weighted by molar-refractivity contribution is 5.97. The predicted octanol–water partition coefficient (Wildman–Crippen LogP) is 4.47. The number of H-pyrrole nitrogens is 1. The number of benzene rings is 1. The summed E-state index contributed by atoms with van der Waals surface area (Å²) in [4.78, 5) is 6.71. The maximum absolute atomic E-state index is 14.6. The zero-order valence-electron chi connectivity index (χ0n) is 18.6. The Labute approximate surface area is 186 Å². The third kappa shape index (κ3) is 3.39. The van der Waals surface area contributed by atoms with E-state index < -0.39 is 0 Å². The third-order valence-corrected chi connectivity index (χ3v) is 6.51. The average Bonchev–Trinajstić information content (AvgIpc) is 3.40. The van der Waals surface area contributed by atoms with E-state index in [2.05, 4.69) is 56.7 Å². The van der Waals surface area contributed by atoms with E-state index >= 15 is 0 Å². The van der Waals surface area contributed by atoms with Crippen LogP contribution in [0.3, 0.4) is 0 Å². The van der Waals surface area contributed by atoms with Crippen molar-refractivity contribution in [3.05, 3.63) is 47.7 Å². The lowest BCUT2D eigenvalue weighted by atomic mass is 10.0. The van der Waals surface area contributed by atoms with Gasteiger partial charge >= 0.3 is 0 Å². The number of anilines is 3. The summed E-state index contributed by atoms with van der Waals surface area (Å²) in [6.07, 6.45) is 6.08. The third-order valence-electron chi connectivity index (χ3n) is 6.51. The van der Waals surface area contributed by atoms with Gasteiger partial charge in [-0.25, -0.2) is 9.37 Å². The number of hydrogen-bond acceptors (Lipinski definition) is 5. The number of imidazole rings is 1. The molecule has 1 saturated carbocycles. The Bertz CT molecular complexity index is 1310. The molecule has 0 spiro atoms. The smallest absolute Gasteiger partial charge is 0.173 e. The van der Waals surface area contributed by atoms with Gasteiger partial charge in [-0.15, -0.1) is 0 Å². The van der Waals surface area contributed by atoms with Crippen LogP contribution in [0.2, 0.25) is 0 Å². The summed E-state index contributed by atoms with van der Waals surface area (Å²) in [6.45, 7) is 8.31. The molecule has 6 rings (SSSR count). The highest BCUT2D eigenvalue weighted by Crippen LogP contribution is 2.46. The Morgan fingerprint density at radius 3 is 2.62 bits per heavy atom. The highest BCUT2D eigenvalue weighted by atomic mass is 19.1. The van der Waals surface area contributed by atoms with E-state index in [1.807, 2.05) is 19.3 Å². The van der Waals surface area contributed by atoms with Gasteiger partial charge in [0.05, 0.1) is 16.9 Å². The molecular weight excluding hydrogens is 405 g/mol. The first kappa shape index (κ1) is 19.5. The van der Waals surface area contributed by atoms with Crippen LogP contribution in [0.5, 0.6) is 0 Å². The Hall–Kier alpha value is -3.13. The zero-order valence-corrected chi connectivity index (χ0v) is 18.6. The molecule has 1 aromatic carbocycles. The van der Waals surface area contributed by atoms with Gasteiger partial charge in [0.2, 0.25) is 0 Å². The number of aryl methyl sites for hydroxylation is 1. The van der Waals surface area contributed by atoms with Crippen LogP contribution in [0.15, 0.2) is 30.6 Å². The molecule has 2 atom stereocenters. The average molecular weight is 434 g/mol. The molecule has 0 amide bonds. The predicted molar refractivity (Wildman–Crippen MR) is 126 cm³/mol. The Balaban J connectivity index is 1.40. The van der Waals surface area contributed by atoms with Crippen LogP contribution in [0.1, 0.15) is 43.9 Å². The van der Waals surface area contributed by atoms with Crippen molar-refractivity contribution in [2.45, 2.75) is 51.6 Å². The van der Waals surface area contributed by atoms with Gasteiger partial charge in [0.15, 0.2) is 17.3 Å². The lowest BCUT2D eigenvalue weighted by Gasteiger charge is -2.38. The summed E-state index contributed by atoms with van der Waals surface area (Å²) < 4.78 is 16.3. The fraction of sp³-hybridized carbons (Fsp3) is 0.417. The number of piperazine rings is 1. The largest absolute Gasteiger partial charge is 0.368 e. The molecule has 0 radical (unpaired) electrons. The zero-order chi connectivity index (χ0) is 22.0. The summed E-state index contributed by atoms with van der Waals surface area (Å²) in [5.41, 5.74) is 5.36.